The van der Waals surface area contributed by atoms with Crippen LogP contribution in [0.2, 0.25) is 0 Å². The van der Waals surface area contributed by atoms with Crippen molar-refractivity contribution in [2.75, 3.05) is 36.0 Å². The maximum atomic E-state index is 13.4. The fourth-order valence-corrected chi connectivity index (χ4v) is 4.80. The standard InChI is InChI=1S/C24H23F3N8O/c1-15-10-21-30-31-23(24(25,26)27)35(21)32-22(15)34-7-5-18-16(13-34)11-17(12-29-18)33-8-9-36-20(14-33)19-4-2-3-6-28-19/h2-4,6,10-12,20H,5,7-9,13-14H2,1H3. The van der Waals surface area contributed by atoms with E-state index in [9.17, 15) is 13.2 Å². The van der Waals surface area contributed by atoms with Crippen LogP contribution in [-0.4, -0.2) is 56.0 Å². The highest BCUT2D eigenvalue weighted by Crippen LogP contribution is 2.32. The van der Waals surface area contributed by atoms with E-state index >= 15 is 0 Å². The van der Waals surface area contributed by atoms with Gasteiger partial charge in [0.2, 0.25) is 0 Å². The normalized spacial score (nSPS) is 18.5. The Morgan fingerprint density at radius 3 is 2.75 bits per heavy atom. The second-order valence-electron chi connectivity index (χ2n) is 8.97. The Labute approximate surface area is 204 Å². The van der Waals surface area contributed by atoms with Crippen LogP contribution in [-0.2, 0) is 23.9 Å². The average Bonchev–Trinajstić information content (AvgIpc) is 3.31. The van der Waals surface area contributed by atoms with Gasteiger partial charge in [-0.05, 0) is 42.3 Å². The summed E-state index contributed by atoms with van der Waals surface area (Å²) < 4.78 is 46.9. The molecular formula is C24H23F3N8O. The first kappa shape index (κ1) is 22.7. The molecule has 0 aromatic carbocycles. The zero-order chi connectivity index (χ0) is 24.9. The average molecular weight is 496 g/mol. The van der Waals surface area contributed by atoms with E-state index in [1.54, 1.807) is 12.3 Å². The first-order chi connectivity index (χ1) is 17.4. The predicted molar refractivity (Wildman–Crippen MR) is 125 cm³/mol. The van der Waals surface area contributed by atoms with Crippen molar-refractivity contribution in [3.05, 3.63) is 71.1 Å². The Morgan fingerprint density at radius 2 is 1.94 bits per heavy atom. The predicted octanol–water partition coefficient (Wildman–Crippen LogP) is 3.38. The maximum absolute atomic E-state index is 13.4. The van der Waals surface area contributed by atoms with Crippen molar-refractivity contribution in [3.63, 3.8) is 0 Å². The van der Waals surface area contributed by atoms with Crippen molar-refractivity contribution >= 4 is 17.2 Å². The van der Waals surface area contributed by atoms with Gasteiger partial charge in [-0.15, -0.1) is 15.3 Å². The first-order valence-electron chi connectivity index (χ1n) is 11.7. The van der Waals surface area contributed by atoms with Gasteiger partial charge in [0.1, 0.15) is 6.10 Å². The first-order valence-corrected chi connectivity index (χ1v) is 11.7. The highest BCUT2D eigenvalue weighted by Gasteiger charge is 2.38. The highest BCUT2D eigenvalue weighted by atomic mass is 19.4. The molecule has 1 atom stereocenters. The van der Waals surface area contributed by atoms with Gasteiger partial charge in [0.15, 0.2) is 11.5 Å². The van der Waals surface area contributed by atoms with Crippen LogP contribution in [0, 0.1) is 6.92 Å². The molecular weight excluding hydrogens is 473 g/mol. The Bertz CT molecular complexity index is 1410. The van der Waals surface area contributed by atoms with Crippen LogP contribution in [0.4, 0.5) is 24.7 Å². The van der Waals surface area contributed by atoms with E-state index in [0.717, 1.165) is 39.3 Å². The monoisotopic (exact) mass is 496 g/mol. The minimum Gasteiger partial charge on any atom is -0.368 e. The van der Waals surface area contributed by atoms with Crippen LogP contribution < -0.4 is 9.80 Å². The maximum Gasteiger partial charge on any atom is 0.453 e. The number of rotatable bonds is 3. The molecule has 0 N–H and O–H groups in total. The summed E-state index contributed by atoms with van der Waals surface area (Å²) in [6, 6.07) is 9.49. The summed E-state index contributed by atoms with van der Waals surface area (Å²) in [7, 11) is 0. The van der Waals surface area contributed by atoms with Crippen molar-refractivity contribution in [2.24, 2.45) is 0 Å². The van der Waals surface area contributed by atoms with Crippen LogP contribution in [0.15, 0.2) is 42.7 Å². The Morgan fingerprint density at radius 1 is 1.06 bits per heavy atom. The minimum atomic E-state index is -4.64. The highest BCUT2D eigenvalue weighted by molar-refractivity contribution is 5.56. The van der Waals surface area contributed by atoms with Gasteiger partial charge in [0.05, 0.1) is 30.7 Å². The van der Waals surface area contributed by atoms with E-state index in [-0.39, 0.29) is 11.8 Å². The molecule has 2 aliphatic rings. The van der Waals surface area contributed by atoms with Crippen molar-refractivity contribution in [2.45, 2.75) is 32.2 Å². The number of pyridine rings is 2. The second kappa shape index (κ2) is 8.70. The number of nitrogens with zero attached hydrogens (tertiary/aromatic N) is 8. The lowest BCUT2D eigenvalue weighted by Crippen LogP contribution is -2.39. The number of hydrogen-bond donors (Lipinski definition) is 0. The summed E-state index contributed by atoms with van der Waals surface area (Å²) in [5, 5.41) is 11.2. The van der Waals surface area contributed by atoms with Crippen LogP contribution in [0.5, 0.6) is 0 Å². The van der Waals surface area contributed by atoms with E-state index < -0.39 is 12.0 Å². The third-order valence-corrected chi connectivity index (χ3v) is 6.59. The molecule has 4 aromatic heterocycles. The molecule has 0 radical (unpaired) electrons. The van der Waals surface area contributed by atoms with Gasteiger partial charge in [-0.25, -0.2) is 0 Å². The lowest BCUT2D eigenvalue weighted by molar-refractivity contribution is -0.146. The fraction of sp³-hybridized carbons (Fsp3) is 0.375. The van der Waals surface area contributed by atoms with E-state index in [4.69, 9.17) is 9.72 Å². The number of ether oxygens (including phenoxy) is 1. The van der Waals surface area contributed by atoms with Gasteiger partial charge in [-0.2, -0.15) is 17.7 Å². The smallest absolute Gasteiger partial charge is 0.368 e. The zero-order valence-electron chi connectivity index (χ0n) is 19.5. The molecule has 36 heavy (non-hydrogen) atoms. The molecule has 6 heterocycles. The number of aromatic nitrogens is 6. The molecule has 0 spiro atoms. The van der Waals surface area contributed by atoms with Crippen molar-refractivity contribution in [3.8, 4) is 0 Å². The number of halogens is 3. The van der Waals surface area contributed by atoms with Crippen LogP contribution in [0.25, 0.3) is 5.65 Å². The SMILES string of the molecule is Cc1cc2nnc(C(F)(F)F)n2nc1N1CCc2ncc(N3CCOC(c4ccccn4)C3)cc2C1. The lowest BCUT2D eigenvalue weighted by atomic mass is 10.0. The fourth-order valence-electron chi connectivity index (χ4n) is 4.80. The topological polar surface area (TPSA) is 84.6 Å². The lowest BCUT2D eigenvalue weighted by Gasteiger charge is -2.35. The third kappa shape index (κ3) is 4.11. The Hall–Kier alpha value is -3.80. The summed E-state index contributed by atoms with van der Waals surface area (Å²) in [6.07, 6.45) is -0.451. The quantitative estimate of drug-likeness (QED) is 0.427. The molecule has 0 amide bonds. The molecule has 0 aliphatic carbocycles. The van der Waals surface area contributed by atoms with E-state index in [0.29, 0.717) is 38.5 Å². The summed E-state index contributed by atoms with van der Waals surface area (Å²) in [5.41, 5.74) is 4.70. The largest absolute Gasteiger partial charge is 0.453 e. The summed E-state index contributed by atoms with van der Waals surface area (Å²) in [4.78, 5) is 13.4. The van der Waals surface area contributed by atoms with E-state index in [1.807, 2.05) is 36.2 Å². The summed E-state index contributed by atoms with van der Waals surface area (Å²) in [6.45, 7) is 4.88. The third-order valence-electron chi connectivity index (χ3n) is 6.59. The molecule has 186 valence electrons. The number of alkyl halides is 3. The molecule has 4 aromatic rings. The van der Waals surface area contributed by atoms with E-state index in [1.165, 1.54) is 0 Å². The summed E-state index contributed by atoms with van der Waals surface area (Å²) in [5.74, 6) is -0.652. The van der Waals surface area contributed by atoms with Gasteiger partial charge >= 0.3 is 6.18 Å². The zero-order valence-corrected chi connectivity index (χ0v) is 19.5. The number of aryl methyl sites for hydroxylation is 1. The van der Waals surface area contributed by atoms with Gasteiger partial charge in [-0.3, -0.25) is 9.97 Å². The molecule has 1 fully saturated rings. The molecule has 6 rings (SSSR count). The van der Waals surface area contributed by atoms with Gasteiger partial charge in [0, 0.05) is 37.9 Å². The molecule has 1 saturated heterocycles. The number of hydrogen-bond acceptors (Lipinski definition) is 8. The Kier molecular flexibility index (Phi) is 5.47. The molecule has 12 heteroatoms. The minimum absolute atomic E-state index is 0.0692. The van der Waals surface area contributed by atoms with Crippen molar-refractivity contribution in [1.82, 2.24) is 29.8 Å². The second-order valence-corrected chi connectivity index (χ2v) is 8.97. The Balaban J connectivity index is 1.27. The summed E-state index contributed by atoms with van der Waals surface area (Å²) >= 11 is 0. The molecule has 1 unspecified atom stereocenters. The number of anilines is 2. The van der Waals surface area contributed by atoms with Crippen LogP contribution in [0.1, 0.15) is 34.4 Å². The van der Waals surface area contributed by atoms with E-state index in [2.05, 4.69) is 31.2 Å². The van der Waals surface area contributed by atoms with Crippen LogP contribution in [0.3, 0.4) is 0 Å². The number of fused-ring (bicyclic) bond motifs is 2. The molecule has 0 saturated carbocycles. The van der Waals surface area contributed by atoms with Gasteiger partial charge < -0.3 is 14.5 Å². The van der Waals surface area contributed by atoms with Crippen molar-refractivity contribution in [1.29, 1.82) is 0 Å². The van der Waals surface area contributed by atoms with Crippen LogP contribution >= 0.6 is 0 Å². The van der Waals surface area contributed by atoms with Gasteiger partial charge in [-0.1, -0.05) is 6.07 Å². The molecule has 2 aliphatic heterocycles. The molecule has 0 bridgehead atoms. The van der Waals surface area contributed by atoms with Gasteiger partial charge in [0.25, 0.3) is 5.82 Å². The number of morpholine rings is 1. The van der Waals surface area contributed by atoms with Crippen molar-refractivity contribution < 1.29 is 17.9 Å². The molecule has 9 nitrogen and oxygen atoms in total.